The van der Waals surface area contributed by atoms with E-state index in [2.05, 4.69) is 30.7 Å². The molecule has 1 rings (SSSR count). The van der Waals surface area contributed by atoms with Crippen LogP contribution in [0.4, 0.5) is 0 Å². The normalized spacial score (nSPS) is 10.4. The first-order valence-electron chi connectivity index (χ1n) is 4.53. The molecule has 2 heteroatoms. The Labute approximate surface area is 84.2 Å². The Hall–Kier alpha value is -1.57. The number of carbonyl (C=O) groups is 1. The summed E-state index contributed by atoms with van der Waals surface area (Å²) in [4.78, 5) is 9.89. The van der Waals surface area contributed by atoms with E-state index in [4.69, 9.17) is 0 Å². The fourth-order valence-corrected chi connectivity index (χ4v) is 1.35. The van der Waals surface area contributed by atoms with E-state index in [1.54, 1.807) is 0 Å². The first kappa shape index (κ1) is 10.5. The van der Waals surface area contributed by atoms with Gasteiger partial charge in [0.1, 0.15) is 6.61 Å². The Bertz CT molecular complexity index is 320. The molecule has 2 nitrogen and oxygen atoms in total. The third-order valence-corrected chi connectivity index (χ3v) is 2.09. The van der Waals surface area contributed by atoms with Crippen LogP contribution in [0.2, 0.25) is 0 Å². The largest absolute Gasteiger partial charge is 0.464 e. The van der Waals surface area contributed by atoms with E-state index in [-0.39, 0.29) is 0 Å². The second kappa shape index (κ2) is 5.22. The van der Waals surface area contributed by atoms with Crippen LogP contribution < -0.4 is 0 Å². The molecule has 0 atom stereocenters. The maximum Gasteiger partial charge on any atom is 0.293 e. The Morgan fingerprint density at radius 2 is 1.93 bits per heavy atom. The van der Waals surface area contributed by atoms with E-state index in [9.17, 15) is 4.79 Å². The first-order valence-corrected chi connectivity index (χ1v) is 4.53. The summed E-state index contributed by atoms with van der Waals surface area (Å²) >= 11 is 0. The Kier molecular flexibility index (Phi) is 3.92. The lowest BCUT2D eigenvalue weighted by Gasteiger charge is -2.03. The smallest absolute Gasteiger partial charge is 0.293 e. The Morgan fingerprint density at radius 1 is 1.29 bits per heavy atom. The predicted molar refractivity (Wildman–Crippen MR) is 57.0 cm³/mol. The van der Waals surface area contributed by atoms with Crippen LogP contribution in [0.3, 0.4) is 0 Å². The molecule has 0 aliphatic rings. The van der Waals surface area contributed by atoms with Crippen molar-refractivity contribution in [2.45, 2.75) is 13.8 Å². The number of aryl methyl sites for hydroxylation is 2. The third kappa shape index (κ3) is 2.73. The van der Waals surface area contributed by atoms with E-state index < -0.39 is 0 Å². The van der Waals surface area contributed by atoms with Crippen molar-refractivity contribution < 1.29 is 9.53 Å². The Balaban J connectivity index is 2.75. The van der Waals surface area contributed by atoms with Crippen molar-refractivity contribution in [2.75, 3.05) is 6.61 Å². The van der Waals surface area contributed by atoms with Gasteiger partial charge >= 0.3 is 0 Å². The van der Waals surface area contributed by atoms with Crippen LogP contribution in [0.1, 0.15) is 16.7 Å². The van der Waals surface area contributed by atoms with Gasteiger partial charge in [-0.05, 0) is 36.6 Å². The molecule has 0 heterocycles. The van der Waals surface area contributed by atoms with Crippen molar-refractivity contribution in [1.29, 1.82) is 0 Å². The first-order chi connectivity index (χ1) is 6.75. The lowest BCUT2D eigenvalue weighted by molar-refractivity contribution is -0.127. The molecule has 0 spiro atoms. The molecule has 14 heavy (non-hydrogen) atoms. The van der Waals surface area contributed by atoms with Gasteiger partial charge in [0.05, 0.1) is 0 Å². The van der Waals surface area contributed by atoms with Gasteiger partial charge in [-0.2, -0.15) is 0 Å². The molecular weight excluding hydrogens is 176 g/mol. The standard InChI is InChI=1S/C12H14O2/c1-10-5-3-6-11(2)12(10)7-4-8-14-9-13/h3-7,9H,8H2,1-2H3/b7-4+. The molecule has 0 bridgehead atoms. The molecule has 1 aromatic rings. The fraction of sp³-hybridized carbons (Fsp3) is 0.250. The van der Waals surface area contributed by atoms with Crippen LogP contribution in [0.25, 0.3) is 6.08 Å². The Morgan fingerprint density at radius 3 is 2.50 bits per heavy atom. The van der Waals surface area contributed by atoms with Crippen molar-refractivity contribution in [3.8, 4) is 0 Å². The van der Waals surface area contributed by atoms with E-state index in [0.717, 1.165) is 0 Å². The second-order valence-electron chi connectivity index (χ2n) is 3.14. The summed E-state index contributed by atoms with van der Waals surface area (Å²) in [7, 11) is 0. The van der Waals surface area contributed by atoms with Gasteiger partial charge in [-0.15, -0.1) is 0 Å². The lowest BCUT2D eigenvalue weighted by Crippen LogP contribution is -1.88. The number of benzene rings is 1. The summed E-state index contributed by atoms with van der Waals surface area (Å²) in [5, 5.41) is 0. The zero-order valence-electron chi connectivity index (χ0n) is 8.49. The number of hydrogen-bond acceptors (Lipinski definition) is 2. The summed E-state index contributed by atoms with van der Waals surface area (Å²) in [5.41, 5.74) is 3.65. The van der Waals surface area contributed by atoms with Crippen LogP contribution >= 0.6 is 0 Å². The van der Waals surface area contributed by atoms with Gasteiger partial charge in [0.2, 0.25) is 0 Å². The molecule has 0 radical (unpaired) electrons. The minimum absolute atomic E-state index is 0.331. The number of rotatable bonds is 4. The van der Waals surface area contributed by atoms with Crippen LogP contribution in [0.5, 0.6) is 0 Å². The average molecular weight is 190 g/mol. The van der Waals surface area contributed by atoms with Gasteiger partial charge in [0.15, 0.2) is 0 Å². The minimum atomic E-state index is 0.331. The van der Waals surface area contributed by atoms with Crippen LogP contribution in [-0.4, -0.2) is 13.1 Å². The molecule has 0 saturated heterocycles. The van der Waals surface area contributed by atoms with E-state index in [1.807, 2.05) is 18.2 Å². The van der Waals surface area contributed by atoms with Gasteiger partial charge in [0.25, 0.3) is 6.47 Å². The van der Waals surface area contributed by atoms with Crippen molar-refractivity contribution >= 4 is 12.5 Å². The highest BCUT2D eigenvalue weighted by Crippen LogP contribution is 2.14. The molecule has 0 N–H and O–H groups in total. The zero-order valence-corrected chi connectivity index (χ0v) is 8.49. The van der Waals surface area contributed by atoms with Gasteiger partial charge in [-0.1, -0.05) is 24.3 Å². The fourth-order valence-electron chi connectivity index (χ4n) is 1.35. The number of hydrogen-bond donors (Lipinski definition) is 0. The highest BCUT2D eigenvalue weighted by Gasteiger charge is 1.96. The maximum absolute atomic E-state index is 9.89. The molecular formula is C12H14O2. The van der Waals surface area contributed by atoms with Crippen LogP contribution in [0.15, 0.2) is 24.3 Å². The topological polar surface area (TPSA) is 26.3 Å². The highest BCUT2D eigenvalue weighted by atomic mass is 16.5. The SMILES string of the molecule is Cc1cccc(C)c1/C=C/COC=O. The zero-order chi connectivity index (χ0) is 10.4. The van der Waals surface area contributed by atoms with Crippen molar-refractivity contribution in [3.63, 3.8) is 0 Å². The number of carbonyl (C=O) groups excluding carboxylic acids is 1. The molecule has 0 fully saturated rings. The third-order valence-electron chi connectivity index (χ3n) is 2.09. The molecule has 74 valence electrons. The molecule has 0 aromatic heterocycles. The highest BCUT2D eigenvalue weighted by molar-refractivity contribution is 5.57. The molecule has 1 aromatic carbocycles. The lowest BCUT2D eigenvalue weighted by atomic mass is 10.0. The molecule has 0 amide bonds. The second-order valence-corrected chi connectivity index (χ2v) is 3.14. The van der Waals surface area contributed by atoms with Gasteiger partial charge < -0.3 is 4.74 Å². The summed E-state index contributed by atoms with van der Waals surface area (Å²) in [6, 6.07) is 6.16. The minimum Gasteiger partial charge on any atom is -0.464 e. The average Bonchev–Trinajstić information content (AvgIpc) is 2.16. The maximum atomic E-state index is 9.89. The number of ether oxygens (including phenoxy) is 1. The van der Waals surface area contributed by atoms with E-state index in [0.29, 0.717) is 13.1 Å². The van der Waals surface area contributed by atoms with E-state index in [1.165, 1.54) is 16.7 Å². The summed E-state index contributed by atoms with van der Waals surface area (Å²) in [5.74, 6) is 0. The summed E-state index contributed by atoms with van der Waals surface area (Å²) < 4.78 is 4.57. The molecule has 0 saturated carbocycles. The van der Waals surface area contributed by atoms with Crippen molar-refractivity contribution in [2.24, 2.45) is 0 Å². The quantitative estimate of drug-likeness (QED) is 0.538. The summed E-state index contributed by atoms with van der Waals surface area (Å²) in [6.45, 7) is 4.91. The van der Waals surface area contributed by atoms with Gasteiger partial charge in [0, 0.05) is 0 Å². The molecule has 0 unspecified atom stereocenters. The predicted octanol–water partition coefficient (Wildman–Crippen LogP) is 2.49. The van der Waals surface area contributed by atoms with Crippen molar-refractivity contribution in [1.82, 2.24) is 0 Å². The van der Waals surface area contributed by atoms with Crippen LogP contribution in [0, 0.1) is 13.8 Å². The van der Waals surface area contributed by atoms with E-state index >= 15 is 0 Å². The molecule has 0 aliphatic heterocycles. The van der Waals surface area contributed by atoms with Crippen LogP contribution in [-0.2, 0) is 9.53 Å². The summed E-state index contributed by atoms with van der Waals surface area (Å²) in [6.07, 6.45) is 3.82. The monoisotopic (exact) mass is 190 g/mol. The van der Waals surface area contributed by atoms with Gasteiger partial charge in [-0.25, -0.2) is 0 Å². The van der Waals surface area contributed by atoms with Gasteiger partial charge in [-0.3, -0.25) is 4.79 Å². The molecule has 0 aliphatic carbocycles. The van der Waals surface area contributed by atoms with Crippen molar-refractivity contribution in [3.05, 3.63) is 41.0 Å².